The highest BCUT2D eigenvalue weighted by Crippen LogP contribution is 2.18. The van der Waals surface area contributed by atoms with Crippen molar-refractivity contribution in [2.45, 2.75) is 32.7 Å². The van der Waals surface area contributed by atoms with Crippen molar-refractivity contribution < 1.29 is 4.79 Å². The summed E-state index contributed by atoms with van der Waals surface area (Å²) in [5.41, 5.74) is 0. The highest BCUT2D eigenvalue weighted by Gasteiger charge is 2.32. The third-order valence-electron chi connectivity index (χ3n) is 3.84. The minimum absolute atomic E-state index is 0.0729. The number of nitrogens with one attached hydrogen (secondary N) is 1. The van der Waals surface area contributed by atoms with Crippen LogP contribution in [-0.4, -0.2) is 54.6 Å². The van der Waals surface area contributed by atoms with Gasteiger partial charge in [0.15, 0.2) is 0 Å². The first-order chi connectivity index (χ1) is 7.74. The summed E-state index contributed by atoms with van der Waals surface area (Å²) in [4.78, 5) is 16.4. The highest BCUT2D eigenvalue weighted by molar-refractivity contribution is 5.83. The van der Waals surface area contributed by atoms with Gasteiger partial charge in [-0.25, -0.2) is 0 Å². The van der Waals surface area contributed by atoms with Crippen LogP contribution in [0.3, 0.4) is 0 Å². The second kappa shape index (κ2) is 5.15. The molecule has 2 atom stereocenters. The summed E-state index contributed by atoms with van der Waals surface area (Å²) in [5, 5.41) is 3.27. The second-order valence-electron chi connectivity index (χ2n) is 4.93. The zero-order valence-corrected chi connectivity index (χ0v) is 10.4. The van der Waals surface area contributed by atoms with Crippen LogP contribution in [0.2, 0.25) is 0 Å². The lowest BCUT2D eigenvalue weighted by molar-refractivity contribution is -0.129. The molecule has 0 radical (unpaired) electrons. The molecule has 0 spiro atoms. The van der Waals surface area contributed by atoms with E-state index in [-0.39, 0.29) is 6.04 Å². The van der Waals surface area contributed by atoms with E-state index in [9.17, 15) is 4.79 Å². The lowest BCUT2D eigenvalue weighted by Crippen LogP contribution is -2.34. The molecule has 2 fully saturated rings. The standard InChI is InChI=1S/C12H23N3O/c1-3-11-12(16)15(9-13-11)8-10-5-6-14(4-2)7-10/h10-11,13H,3-9H2,1-2H3. The molecule has 92 valence electrons. The molecule has 4 heteroatoms. The zero-order chi connectivity index (χ0) is 11.5. The van der Waals surface area contributed by atoms with E-state index in [2.05, 4.69) is 24.1 Å². The molecule has 0 aromatic carbocycles. The van der Waals surface area contributed by atoms with Crippen molar-refractivity contribution in [2.75, 3.05) is 32.8 Å². The summed E-state index contributed by atoms with van der Waals surface area (Å²) < 4.78 is 0. The molecule has 0 aromatic heterocycles. The number of carbonyl (C=O) groups excluding carboxylic acids is 1. The van der Waals surface area contributed by atoms with Crippen molar-refractivity contribution in [2.24, 2.45) is 5.92 Å². The van der Waals surface area contributed by atoms with Crippen LogP contribution in [-0.2, 0) is 4.79 Å². The Labute approximate surface area is 98.0 Å². The topological polar surface area (TPSA) is 35.6 Å². The first-order valence-corrected chi connectivity index (χ1v) is 6.49. The third-order valence-corrected chi connectivity index (χ3v) is 3.84. The van der Waals surface area contributed by atoms with Crippen molar-refractivity contribution in [3.05, 3.63) is 0 Å². The van der Waals surface area contributed by atoms with Crippen molar-refractivity contribution in [1.82, 2.24) is 15.1 Å². The molecule has 2 aliphatic rings. The molecule has 0 aromatic rings. The van der Waals surface area contributed by atoms with Crippen LogP contribution in [0.25, 0.3) is 0 Å². The molecule has 2 heterocycles. The van der Waals surface area contributed by atoms with Crippen molar-refractivity contribution in [3.8, 4) is 0 Å². The Balaban J connectivity index is 1.80. The lowest BCUT2D eigenvalue weighted by atomic mass is 10.1. The first kappa shape index (κ1) is 11.9. The van der Waals surface area contributed by atoms with Crippen LogP contribution in [0.15, 0.2) is 0 Å². The Morgan fingerprint density at radius 3 is 2.81 bits per heavy atom. The second-order valence-corrected chi connectivity index (χ2v) is 4.93. The van der Waals surface area contributed by atoms with Gasteiger partial charge in [0.25, 0.3) is 0 Å². The normalized spacial score (nSPS) is 31.6. The fourth-order valence-electron chi connectivity index (χ4n) is 2.74. The van der Waals surface area contributed by atoms with Crippen LogP contribution in [0.4, 0.5) is 0 Å². The quantitative estimate of drug-likeness (QED) is 0.756. The van der Waals surface area contributed by atoms with E-state index in [0.717, 1.165) is 32.7 Å². The highest BCUT2D eigenvalue weighted by atomic mass is 16.2. The molecule has 16 heavy (non-hydrogen) atoms. The van der Waals surface area contributed by atoms with Crippen LogP contribution in [0, 0.1) is 5.92 Å². The van der Waals surface area contributed by atoms with Crippen LogP contribution < -0.4 is 5.32 Å². The molecule has 0 aliphatic carbocycles. The summed E-state index contributed by atoms with van der Waals surface area (Å²) in [6.07, 6.45) is 2.15. The van der Waals surface area contributed by atoms with Gasteiger partial charge in [0.2, 0.25) is 5.91 Å². The maximum absolute atomic E-state index is 11.9. The number of likely N-dealkylation sites (tertiary alicyclic amines) is 1. The van der Waals surface area contributed by atoms with Gasteiger partial charge in [-0.15, -0.1) is 0 Å². The minimum Gasteiger partial charge on any atom is -0.328 e. The molecule has 4 nitrogen and oxygen atoms in total. The van der Waals surface area contributed by atoms with E-state index < -0.39 is 0 Å². The molecular formula is C12H23N3O. The molecule has 2 saturated heterocycles. The van der Waals surface area contributed by atoms with Gasteiger partial charge in [0.1, 0.15) is 0 Å². The first-order valence-electron chi connectivity index (χ1n) is 6.49. The fraction of sp³-hybridized carbons (Fsp3) is 0.917. The number of hydrogen-bond acceptors (Lipinski definition) is 3. The van der Waals surface area contributed by atoms with E-state index in [1.807, 2.05) is 4.90 Å². The van der Waals surface area contributed by atoms with Crippen molar-refractivity contribution in [3.63, 3.8) is 0 Å². The monoisotopic (exact) mass is 225 g/mol. The van der Waals surface area contributed by atoms with E-state index >= 15 is 0 Å². The van der Waals surface area contributed by atoms with Gasteiger partial charge < -0.3 is 9.80 Å². The maximum atomic E-state index is 11.9. The van der Waals surface area contributed by atoms with Gasteiger partial charge in [-0.3, -0.25) is 10.1 Å². The minimum atomic E-state index is 0.0729. The molecule has 1 N–H and O–H groups in total. The Morgan fingerprint density at radius 1 is 1.44 bits per heavy atom. The van der Waals surface area contributed by atoms with Gasteiger partial charge >= 0.3 is 0 Å². The summed E-state index contributed by atoms with van der Waals surface area (Å²) in [5.74, 6) is 0.985. The molecule has 0 bridgehead atoms. The number of carbonyl (C=O) groups is 1. The number of hydrogen-bond donors (Lipinski definition) is 1. The van der Waals surface area contributed by atoms with Gasteiger partial charge in [-0.1, -0.05) is 13.8 Å². The van der Waals surface area contributed by atoms with Crippen molar-refractivity contribution in [1.29, 1.82) is 0 Å². The zero-order valence-electron chi connectivity index (χ0n) is 10.4. The molecule has 2 unspecified atom stereocenters. The summed E-state index contributed by atoms with van der Waals surface area (Å²) in [6.45, 7) is 9.47. The van der Waals surface area contributed by atoms with Gasteiger partial charge in [-0.05, 0) is 31.8 Å². The van der Waals surface area contributed by atoms with E-state index in [1.165, 1.54) is 13.0 Å². The van der Waals surface area contributed by atoms with Crippen LogP contribution in [0.5, 0.6) is 0 Å². The smallest absolute Gasteiger partial charge is 0.240 e. The van der Waals surface area contributed by atoms with E-state index in [1.54, 1.807) is 0 Å². The fourth-order valence-corrected chi connectivity index (χ4v) is 2.74. The molecule has 1 amide bonds. The molecule has 2 rings (SSSR count). The lowest BCUT2D eigenvalue weighted by Gasteiger charge is -2.20. The maximum Gasteiger partial charge on any atom is 0.240 e. The third kappa shape index (κ3) is 2.38. The molecular weight excluding hydrogens is 202 g/mol. The Morgan fingerprint density at radius 2 is 2.25 bits per heavy atom. The molecule has 2 aliphatic heterocycles. The van der Waals surface area contributed by atoms with Gasteiger partial charge in [0, 0.05) is 13.1 Å². The van der Waals surface area contributed by atoms with Crippen LogP contribution >= 0.6 is 0 Å². The average molecular weight is 225 g/mol. The van der Waals surface area contributed by atoms with E-state index in [4.69, 9.17) is 0 Å². The Hall–Kier alpha value is -0.610. The average Bonchev–Trinajstić information content (AvgIpc) is 2.88. The van der Waals surface area contributed by atoms with Crippen LogP contribution in [0.1, 0.15) is 26.7 Å². The van der Waals surface area contributed by atoms with Gasteiger partial charge in [0.05, 0.1) is 12.7 Å². The van der Waals surface area contributed by atoms with E-state index in [0.29, 0.717) is 11.8 Å². The summed E-state index contributed by atoms with van der Waals surface area (Å²) in [7, 11) is 0. The predicted octanol–water partition coefficient (Wildman–Crippen LogP) is 0.496. The summed E-state index contributed by atoms with van der Waals surface area (Å²) in [6, 6.07) is 0.0729. The largest absolute Gasteiger partial charge is 0.328 e. The van der Waals surface area contributed by atoms with Crippen molar-refractivity contribution >= 4 is 5.91 Å². The Kier molecular flexibility index (Phi) is 3.82. The predicted molar refractivity (Wildman–Crippen MR) is 64.0 cm³/mol. The summed E-state index contributed by atoms with van der Waals surface area (Å²) >= 11 is 0. The Bertz CT molecular complexity index is 257. The number of nitrogens with zero attached hydrogens (tertiary/aromatic N) is 2. The molecule has 0 saturated carbocycles. The SMILES string of the molecule is CCC1NCN(CC2CCN(CC)C2)C1=O. The van der Waals surface area contributed by atoms with Gasteiger partial charge in [-0.2, -0.15) is 0 Å². The number of rotatable bonds is 4. The number of amides is 1.